The smallest absolute Gasteiger partial charge is 0.230 e. The van der Waals surface area contributed by atoms with Crippen LogP contribution in [0.5, 0.6) is 0 Å². The molecule has 7 nitrogen and oxygen atoms in total. The van der Waals surface area contributed by atoms with E-state index >= 15 is 0 Å². The van der Waals surface area contributed by atoms with E-state index in [9.17, 15) is 4.79 Å². The van der Waals surface area contributed by atoms with Crippen LogP contribution in [0.4, 0.5) is 0 Å². The molecule has 0 bridgehead atoms. The molecule has 96 valence electrons. The van der Waals surface area contributed by atoms with E-state index in [4.69, 9.17) is 0 Å². The number of aromatic nitrogens is 4. The molecule has 1 amide bonds. The topological polar surface area (TPSA) is 84.7 Å². The Bertz CT molecular complexity index is 353. The highest BCUT2D eigenvalue weighted by Gasteiger charge is 2.08. The zero-order valence-electron chi connectivity index (χ0n) is 10.3. The number of nitrogens with one attached hydrogen (secondary N) is 2. The van der Waals surface area contributed by atoms with Gasteiger partial charge in [-0.2, -0.15) is 0 Å². The van der Waals surface area contributed by atoms with Gasteiger partial charge in [0.1, 0.15) is 0 Å². The monoisotopic (exact) mass is 258 g/mol. The molecule has 1 rings (SSSR count). The molecule has 0 aliphatic heterocycles. The van der Waals surface area contributed by atoms with Crippen molar-refractivity contribution in [1.29, 1.82) is 0 Å². The summed E-state index contributed by atoms with van der Waals surface area (Å²) in [6.07, 6.45) is 0. The van der Waals surface area contributed by atoms with Crippen molar-refractivity contribution in [1.82, 2.24) is 30.8 Å². The molecule has 0 radical (unpaired) electrons. The van der Waals surface area contributed by atoms with E-state index in [1.165, 1.54) is 11.8 Å². The molecule has 0 fully saturated rings. The van der Waals surface area contributed by atoms with Gasteiger partial charge in [-0.1, -0.05) is 25.6 Å². The molecular formula is C9H18N6OS. The lowest BCUT2D eigenvalue weighted by molar-refractivity contribution is -0.118. The molecule has 2 N–H and O–H groups in total. The molecule has 1 aromatic heterocycles. The Labute approximate surface area is 105 Å². The molecular weight excluding hydrogens is 240 g/mol. The van der Waals surface area contributed by atoms with Gasteiger partial charge in [0.05, 0.1) is 12.3 Å². The Balaban J connectivity index is 2.40. The van der Waals surface area contributed by atoms with Crippen molar-refractivity contribution in [2.45, 2.75) is 31.6 Å². The highest BCUT2D eigenvalue weighted by Crippen LogP contribution is 2.12. The summed E-state index contributed by atoms with van der Waals surface area (Å²) in [4.78, 5) is 11.1. The molecule has 1 aromatic rings. The SMILES string of the molecule is CNC(=O)CSc1nnnn1CCNC(C)C. The molecule has 0 saturated carbocycles. The zero-order chi connectivity index (χ0) is 12.7. The van der Waals surface area contributed by atoms with Crippen molar-refractivity contribution in [3.8, 4) is 0 Å². The minimum absolute atomic E-state index is 0.0372. The van der Waals surface area contributed by atoms with E-state index in [1.54, 1.807) is 11.7 Å². The normalized spacial score (nSPS) is 10.8. The maximum Gasteiger partial charge on any atom is 0.230 e. The summed E-state index contributed by atoms with van der Waals surface area (Å²) in [7, 11) is 1.61. The fraction of sp³-hybridized carbons (Fsp3) is 0.778. The van der Waals surface area contributed by atoms with Gasteiger partial charge in [0.15, 0.2) is 0 Å². The van der Waals surface area contributed by atoms with Gasteiger partial charge in [-0.3, -0.25) is 4.79 Å². The van der Waals surface area contributed by atoms with Gasteiger partial charge in [0, 0.05) is 19.6 Å². The van der Waals surface area contributed by atoms with Crippen molar-refractivity contribution >= 4 is 17.7 Å². The quantitative estimate of drug-likeness (QED) is 0.642. The van der Waals surface area contributed by atoms with E-state index in [1.807, 2.05) is 0 Å². The highest BCUT2D eigenvalue weighted by atomic mass is 32.2. The Morgan fingerprint density at radius 3 is 2.94 bits per heavy atom. The number of thioether (sulfide) groups is 1. The van der Waals surface area contributed by atoms with Gasteiger partial charge < -0.3 is 10.6 Å². The van der Waals surface area contributed by atoms with Crippen LogP contribution < -0.4 is 10.6 Å². The molecule has 0 spiro atoms. The molecule has 0 saturated heterocycles. The van der Waals surface area contributed by atoms with Crippen molar-refractivity contribution in [3.05, 3.63) is 0 Å². The molecule has 8 heteroatoms. The van der Waals surface area contributed by atoms with Crippen LogP contribution in [0.15, 0.2) is 5.16 Å². The number of nitrogens with zero attached hydrogens (tertiary/aromatic N) is 4. The van der Waals surface area contributed by atoms with Crippen molar-refractivity contribution in [2.75, 3.05) is 19.3 Å². The Morgan fingerprint density at radius 1 is 1.53 bits per heavy atom. The summed E-state index contributed by atoms with van der Waals surface area (Å²) < 4.78 is 1.70. The number of amides is 1. The summed E-state index contributed by atoms with van der Waals surface area (Å²) in [6.45, 7) is 5.67. The van der Waals surface area contributed by atoms with E-state index in [0.29, 0.717) is 23.5 Å². The first-order chi connectivity index (χ1) is 8.13. The molecule has 0 aromatic carbocycles. The molecule has 0 aliphatic carbocycles. The van der Waals surface area contributed by atoms with Crippen molar-refractivity contribution < 1.29 is 4.79 Å². The predicted molar refractivity (Wildman–Crippen MR) is 65.7 cm³/mol. The Hall–Kier alpha value is -1.15. The summed E-state index contributed by atoms with van der Waals surface area (Å²) in [6, 6.07) is 0.438. The van der Waals surface area contributed by atoms with Crippen LogP contribution in [0.2, 0.25) is 0 Å². The maximum atomic E-state index is 11.1. The van der Waals surface area contributed by atoms with E-state index in [-0.39, 0.29) is 5.91 Å². The Kier molecular flexibility index (Phi) is 5.92. The summed E-state index contributed by atoms with van der Waals surface area (Å²) in [5.74, 6) is 0.291. The predicted octanol–water partition coefficient (Wildman–Crippen LogP) is -0.491. The van der Waals surface area contributed by atoms with Crippen LogP contribution in [0.3, 0.4) is 0 Å². The summed E-state index contributed by atoms with van der Waals surface area (Å²) in [5, 5.41) is 17.9. The van der Waals surface area contributed by atoms with Crippen LogP contribution in [-0.4, -0.2) is 51.5 Å². The number of carbonyl (C=O) groups excluding carboxylic acids is 1. The zero-order valence-corrected chi connectivity index (χ0v) is 11.1. The van der Waals surface area contributed by atoms with Gasteiger partial charge in [-0.05, 0) is 10.4 Å². The van der Waals surface area contributed by atoms with E-state index < -0.39 is 0 Å². The lowest BCUT2D eigenvalue weighted by Crippen LogP contribution is -2.27. The minimum atomic E-state index is -0.0372. The number of hydrogen-bond donors (Lipinski definition) is 2. The standard InChI is InChI=1S/C9H18N6OS/c1-7(2)11-4-5-15-9(12-13-14-15)17-6-8(16)10-3/h7,11H,4-6H2,1-3H3,(H,10,16). The lowest BCUT2D eigenvalue weighted by atomic mass is 10.4. The fourth-order valence-corrected chi connectivity index (χ4v) is 1.88. The minimum Gasteiger partial charge on any atom is -0.358 e. The third-order valence-electron chi connectivity index (χ3n) is 1.99. The number of tetrazole rings is 1. The van der Waals surface area contributed by atoms with E-state index in [0.717, 1.165) is 6.54 Å². The van der Waals surface area contributed by atoms with Gasteiger partial charge in [0.2, 0.25) is 11.1 Å². The summed E-state index contributed by atoms with van der Waals surface area (Å²) in [5.41, 5.74) is 0. The molecule has 1 heterocycles. The number of carbonyl (C=O) groups is 1. The van der Waals surface area contributed by atoms with Crippen LogP contribution in [0, 0.1) is 0 Å². The Morgan fingerprint density at radius 2 is 2.29 bits per heavy atom. The second-order valence-corrected chi connectivity index (χ2v) is 4.70. The van der Waals surface area contributed by atoms with Gasteiger partial charge in [0.25, 0.3) is 0 Å². The lowest BCUT2D eigenvalue weighted by Gasteiger charge is -2.08. The largest absolute Gasteiger partial charge is 0.358 e. The van der Waals surface area contributed by atoms with Crippen LogP contribution in [0.25, 0.3) is 0 Å². The first-order valence-electron chi connectivity index (χ1n) is 5.46. The molecule has 0 aliphatic rings. The molecule has 0 unspecified atom stereocenters. The second kappa shape index (κ2) is 7.23. The molecule has 17 heavy (non-hydrogen) atoms. The second-order valence-electron chi connectivity index (χ2n) is 3.76. The van der Waals surface area contributed by atoms with Crippen LogP contribution in [0.1, 0.15) is 13.8 Å². The average Bonchev–Trinajstić information content (AvgIpc) is 2.73. The van der Waals surface area contributed by atoms with Crippen molar-refractivity contribution in [2.24, 2.45) is 0 Å². The first kappa shape index (κ1) is 13.9. The third-order valence-corrected chi connectivity index (χ3v) is 2.94. The highest BCUT2D eigenvalue weighted by molar-refractivity contribution is 7.99. The van der Waals surface area contributed by atoms with Gasteiger partial charge >= 0.3 is 0 Å². The van der Waals surface area contributed by atoms with Gasteiger partial charge in [-0.15, -0.1) is 5.10 Å². The van der Waals surface area contributed by atoms with E-state index in [2.05, 4.69) is 40.0 Å². The number of hydrogen-bond acceptors (Lipinski definition) is 6. The number of rotatable bonds is 7. The maximum absolute atomic E-state index is 11.1. The van der Waals surface area contributed by atoms with Crippen LogP contribution >= 0.6 is 11.8 Å². The van der Waals surface area contributed by atoms with Gasteiger partial charge in [-0.25, -0.2) is 4.68 Å². The average molecular weight is 258 g/mol. The third kappa shape index (κ3) is 5.14. The molecule has 0 atom stereocenters. The fourth-order valence-electron chi connectivity index (χ4n) is 1.10. The summed E-state index contributed by atoms with van der Waals surface area (Å²) >= 11 is 1.33. The van der Waals surface area contributed by atoms with Crippen molar-refractivity contribution in [3.63, 3.8) is 0 Å². The first-order valence-corrected chi connectivity index (χ1v) is 6.45. The van der Waals surface area contributed by atoms with Crippen LogP contribution in [-0.2, 0) is 11.3 Å².